The van der Waals surface area contributed by atoms with Crippen LogP contribution in [0.1, 0.15) is 61.2 Å². The van der Waals surface area contributed by atoms with Crippen LogP contribution < -0.4 is 4.74 Å². The number of aromatic nitrogens is 2. The lowest BCUT2D eigenvalue weighted by molar-refractivity contribution is -0.140. The summed E-state index contributed by atoms with van der Waals surface area (Å²) in [6.45, 7) is 7.54. The van der Waals surface area contributed by atoms with Gasteiger partial charge in [-0.25, -0.2) is 4.98 Å². The zero-order chi connectivity index (χ0) is 27.4. The van der Waals surface area contributed by atoms with E-state index in [1.54, 1.807) is 4.90 Å². The van der Waals surface area contributed by atoms with Crippen LogP contribution in [0.5, 0.6) is 5.75 Å². The molecule has 8 nitrogen and oxygen atoms in total. The van der Waals surface area contributed by atoms with Gasteiger partial charge in [-0.15, -0.1) is 0 Å². The number of likely N-dealkylation sites (tertiary alicyclic amines) is 1. The highest BCUT2D eigenvalue weighted by molar-refractivity contribution is 6.46. The molecule has 0 radical (unpaired) electrons. The van der Waals surface area contributed by atoms with Gasteiger partial charge in [0.25, 0.3) is 11.7 Å². The van der Waals surface area contributed by atoms with Gasteiger partial charge in [0, 0.05) is 19.3 Å². The molecule has 8 heteroatoms. The summed E-state index contributed by atoms with van der Waals surface area (Å²) in [6.07, 6.45) is 6.37. The number of ketones is 1. The molecule has 202 valence electrons. The van der Waals surface area contributed by atoms with E-state index in [-0.39, 0.29) is 11.3 Å². The van der Waals surface area contributed by atoms with Crippen molar-refractivity contribution in [2.24, 2.45) is 0 Å². The highest BCUT2D eigenvalue weighted by Crippen LogP contribution is 2.40. The van der Waals surface area contributed by atoms with Gasteiger partial charge >= 0.3 is 0 Å². The number of rotatable bonds is 11. The van der Waals surface area contributed by atoms with Crippen LogP contribution in [0.4, 0.5) is 0 Å². The van der Waals surface area contributed by atoms with Crippen molar-refractivity contribution in [3.05, 3.63) is 70.7 Å². The van der Waals surface area contributed by atoms with Crippen molar-refractivity contribution in [1.29, 1.82) is 0 Å². The van der Waals surface area contributed by atoms with Crippen molar-refractivity contribution in [3.8, 4) is 5.75 Å². The van der Waals surface area contributed by atoms with Gasteiger partial charge < -0.3 is 24.0 Å². The fraction of sp³-hybridized carbons (Fsp3) is 0.433. The monoisotopic (exact) mass is 518 g/mol. The average molecular weight is 519 g/mol. The second kappa shape index (κ2) is 11.8. The van der Waals surface area contributed by atoms with E-state index in [1.165, 1.54) is 12.8 Å². The molecule has 38 heavy (non-hydrogen) atoms. The molecule has 1 amide bonds. The summed E-state index contributed by atoms with van der Waals surface area (Å²) in [5, 5.41) is 11.5. The number of pyridine rings is 1. The zero-order valence-electron chi connectivity index (χ0n) is 23.0. The van der Waals surface area contributed by atoms with Gasteiger partial charge in [0.1, 0.15) is 17.1 Å². The maximum absolute atomic E-state index is 13.4. The van der Waals surface area contributed by atoms with Crippen LogP contribution in [0.2, 0.25) is 0 Å². The summed E-state index contributed by atoms with van der Waals surface area (Å²) >= 11 is 0. The fourth-order valence-electron chi connectivity index (χ4n) is 4.90. The van der Waals surface area contributed by atoms with Gasteiger partial charge in [-0.05, 0) is 63.7 Å². The van der Waals surface area contributed by atoms with Crippen LogP contribution in [0, 0.1) is 13.8 Å². The summed E-state index contributed by atoms with van der Waals surface area (Å²) in [7, 11) is 3.83. The summed E-state index contributed by atoms with van der Waals surface area (Å²) in [6, 6.07) is 10.6. The van der Waals surface area contributed by atoms with E-state index in [4.69, 9.17) is 4.74 Å². The number of ether oxygens (including phenoxy) is 1. The van der Waals surface area contributed by atoms with E-state index >= 15 is 0 Å². The van der Waals surface area contributed by atoms with E-state index in [0.717, 1.165) is 29.7 Å². The third-order valence-electron chi connectivity index (χ3n) is 7.10. The number of Topliss-reactive ketones (excluding diaryl/α,β-unsaturated/α-hetero) is 1. The van der Waals surface area contributed by atoms with Crippen molar-refractivity contribution in [2.45, 2.75) is 52.5 Å². The van der Waals surface area contributed by atoms with Crippen LogP contribution in [0.15, 0.2) is 48.2 Å². The predicted molar refractivity (Wildman–Crippen MR) is 148 cm³/mol. The first-order chi connectivity index (χ1) is 18.2. The third-order valence-corrected chi connectivity index (χ3v) is 7.10. The number of nitrogens with zero attached hydrogens (tertiary/aromatic N) is 4. The second-order valence-electron chi connectivity index (χ2n) is 10.2. The van der Waals surface area contributed by atoms with Crippen LogP contribution in [0.3, 0.4) is 0 Å². The Bertz CT molecular complexity index is 1340. The molecule has 0 aliphatic carbocycles. The Balaban J connectivity index is 1.73. The zero-order valence-corrected chi connectivity index (χ0v) is 23.0. The number of aliphatic hydroxyl groups is 1. The Labute approximate surface area is 224 Å². The molecule has 4 rings (SSSR count). The summed E-state index contributed by atoms with van der Waals surface area (Å²) in [5.41, 5.74) is 3.45. The molecule has 1 atom stereocenters. The average Bonchev–Trinajstić information content (AvgIpc) is 3.37. The first kappa shape index (κ1) is 27.4. The SMILES string of the molecule is CCCCCCOc1ccc(C2C(=C(O)c3nc4c(C)cccn4c3C)C(=O)C(=O)N2CCN(C)C)cc1. The summed E-state index contributed by atoms with van der Waals surface area (Å²) in [4.78, 5) is 34.7. The van der Waals surface area contributed by atoms with Gasteiger partial charge in [0.2, 0.25) is 0 Å². The fourth-order valence-corrected chi connectivity index (χ4v) is 4.90. The van der Waals surface area contributed by atoms with E-state index in [9.17, 15) is 14.7 Å². The van der Waals surface area contributed by atoms with Gasteiger partial charge in [0.05, 0.1) is 23.9 Å². The smallest absolute Gasteiger partial charge is 0.295 e. The normalized spacial score (nSPS) is 17.2. The quantitative estimate of drug-likeness (QED) is 0.168. The molecule has 2 aromatic heterocycles. The molecule has 1 saturated heterocycles. The number of fused-ring (bicyclic) bond motifs is 1. The predicted octanol–water partition coefficient (Wildman–Crippen LogP) is 4.89. The minimum Gasteiger partial charge on any atom is -0.505 e. The number of amides is 1. The molecule has 3 heterocycles. The molecule has 1 aromatic carbocycles. The first-order valence-corrected chi connectivity index (χ1v) is 13.3. The lowest BCUT2D eigenvalue weighted by atomic mass is 9.96. The molecular formula is C30H38N4O4. The highest BCUT2D eigenvalue weighted by atomic mass is 16.5. The van der Waals surface area contributed by atoms with E-state index in [0.29, 0.717) is 36.7 Å². The van der Waals surface area contributed by atoms with Crippen molar-refractivity contribution >= 4 is 23.1 Å². The van der Waals surface area contributed by atoms with E-state index in [1.807, 2.05) is 79.8 Å². The topological polar surface area (TPSA) is 87.4 Å². The molecule has 1 aliphatic rings. The number of aliphatic hydroxyl groups excluding tert-OH is 1. The number of unbranched alkanes of at least 4 members (excludes halogenated alkanes) is 3. The van der Waals surface area contributed by atoms with Crippen molar-refractivity contribution < 1.29 is 19.4 Å². The summed E-state index contributed by atoms with van der Waals surface area (Å²) < 4.78 is 7.78. The Morgan fingerprint density at radius 1 is 1.08 bits per heavy atom. The van der Waals surface area contributed by atoms with E-state index < -0.39 is 17.7 Å². The number of carbonyl (C=O) groups excluding carboxylic acids is 2. The Hall–Kier alpha value is -3.65. The molecule has 1 aliphatic heterocycles. The Morgan fingerprint density at radius 2 is 1.82 bits per heavy atom. The van der Waals surface area contributed by atoms with Crippen molar-refractivity contribution in [3.63, 3.8) is 0 Å². The van der Waals surface area contributed by atoms with Crippen LogP contribution >= 0.6 is 0 Å². The lowest BCUT2D eigenvalue weighted by Gasteiger charge is -2.26. The summed E-state index contributed by atoms with van der Waals surface area (Å²) in [5.74, 6) is -0.831. The molecule has 0 saturated carbocycles. The largest absolute Gasteiger partial charge is 0.505 e. The van der Waals surface area contributed by atoms with Crippen LogP contribution in [0.25, 0.3) is 11.4 Å². The van der Waals surface area contributed by atoms with E-state index in [2.05, 4.69) is 11.9 Å². The Morgan fingerprint density at radius 3 is 2.47 bits per heavy atom. The maximum atomic E-state index is 13.4. The van der Waals surface area contributed by atoms with Crippen molar-refractivity contribution in [1.82, 2.24) is 19.2 Å². The number of hydrogen-bond donors (Lipinski definition) is 1. The maximum Gasteiger partial charge on any atom is 0.295 e. The number of hydrogen-bond acceptors (Lipinski definition) is 6. The molecule has 0 bridgehead atoms. The van der Waals surface area contributed by atoms with Gasteiger partial charge in [0.15, 0.2) is 5.76 Å². The first-order valence-electron chi connectivity index (χ1n) is 13.3. The second-order valence-corrected chi connectivity index (χ2v) is 10.2. The molecule has 1 fully saturated rings. The van der Waals surface area contributed by atoms with Gasteiger partial charge in [-0.3, -0.25) is 9.59 Å². The lowest BCUT2D eigenvalue weighted by Crippen LogP contribution is -2.35. The number of imidazole rings is 1. The van der Waals surface area contributed by atoms with Crippen molar-refractivity contribution in [2.75, 3.05) is 33.8 Å². The molecular weight excluding hydrogens is 480 g/mol. The minimum absolute atomic E-state index is 0.0612. The van der Waals surface area contributed by atoms with Gasteiger partial charge in [-0.2, -0.15) is 0 Å². The number of benzene rings is 1. The number of likely N-dealkylation sites (N-methyl/N-ethyl adjacent to an activating group) is 1. The molecule has 0 spiro atoms. The molecule has 3 aromatic rings. The molecule has 1 N–H and O–H groups in total. The number of carbonyl (C=O) groups is 2. The Kier molecular flexibility index (Phi) is 8.52. The number of aryl methyl sites for hydroxylation is 2. The van der Waals surface area contributed by atoms with Crippen LogP contribution in [-0.4, -0.2) is 69.8 Å². The molecule has 1 unspecified atom stereocenters. The minimum atomic E-state index is -0.723. The third kappa shape index (κ3) is 5.45. The highest BCUT2D eigenvalue weighted by Gasteiger charge is 2.46. The standard InChI is InChI=1S/C30H38N4O4/c1-6-7-8-9-19-38-23-14-12-22(13-15-23)26-24(28(36)30(37)34(26)18-17-32(4)5)27(35)25-21(3)33-16-10-11-20(2)29(33)31-25/h10-16,26,35H,6-9,17-19H2,1-5H3. The van der Waals surface area contributed by atoms with Crippen LogP contribution in [-0.2, 0) is 9.59 Å². The van der Waals surface area contributed by atoms with Gasteiger partial charge in [-0.1, -0.05) is 44.4 Å².